The number of aromatic hydroxyl groups is 1. The number of allylic oxidation sites excluding steroid dienone is 2. The number of nitrogens with zero attached hydrogens (tertiary/aromatic N) is 4. The van der Waals surface area contributed by atoms with Crippen LogP contribution in [0.5, 0.6) is 11.5 Å². The molecule has 2 aromatic carbocycles. The van der Waals surface area contributed by atoms with Gasteiger partial charge in [0, 0.05) is 19.4 Å². The SMILES string of the molecule is COc1cc([C@H]2C3=CCn4c(=O)n(-c5ccccc5)c(=O)n4[C@@H]3C[C@@]3(Cl)C(=O)N(C)C(=O)[C@@]23Cl)cc(Br)c1O. The van der Waals surface area contributed by atoms with Crippen LogP contribution in [-0.4, -0.2) is 59.7 Å². The number of phenolic OH excluding ortho intramolecular Hbond substituents is 1. The number of likely N-dealkylation sites (tertiary alicyclic amines) is 1. The fraction of sp³-hybridized carbons (Fsp3) is 0.308. The van der Waals surface area contributed by atoms with E-state index in [2.05, 4.69) is 15.9 Å². The van der Waals surface area contributed by atoms with E-state index in [0.29, 0.717) is 16.8 Å². The summed E-state index contributed by atoms with van der Waals surface area (Å²) in [5.41, 5.74) is 0.198. The van der Waals surface area contributed by atoms with E-state index >= 15 is 0 Å². The monoisotopic (exact) mass is 634 g/mol. The second kappa shape index (κ2) is 8.61. The maximum Gasteiger partial charge on any atom is 0.352 e. The van der Waals surface area contributed by atoms with Crippen molar-refractivity contribution in [2.24, 2.45) is 0 Å². The number of halogens is 3. The van der Waals surface area contributed by atoms with E-state index in [1.165, 1.54) is 29.6 Å². The lowest BCUT2D eigenvalue weighted by atomic mass is 9.64. The molecule has 1 aliphatic carbocycles. The Morgan fingerprint density at radius 2 is 1.74 bits per heavy atom. The summed E-state index contributed by atoms with van der Waals surface area (Å²) in [4.78, 5) is 51.3. The number of carbonyl (C=O) groups excluding carboxylic acids is 2. The van der Waals surface area contributed by atoms with Crippen molar-refractivity contribution < 1.29 is 19.4 Å². The molecule has 1 aromatic heterocycles. The first kappa shape index (κ1) is 26.0. The quantitative estimate of drug-likeness (QED) is 0.269. The van der Waals surface area contributed by atoms with Gasteiger partial charge >= 0.3 is 11.4 Å². The number of phenols is 1. The molecule has 2 amide bonds. The molecule has 1 saturated heterocycles. The Balaban J connectivity index is 1.63. The fourth-order valence-electron chi connectivity index (χ4n) is 6.09. The zero-order chi connectivity index (χ0) is 28.0. The van der Waals surface area contributed by atoms with Crippen molar-refractivity contribution >= 4 is 50.9 Å². The Bertz CT molecular complexity index is 1730. The molecule has 202 valence electrons. The summed E-state index contributed by atoms with van der Waals surface area (Å²) in [5, 5.41) is 10.4. The maximum atomic E-state index is 13.8. The second-order valence-corrected chi connectivity index (χ2v) is 11.9. The van der Waals surface area contributed by atoms with Gasteiger partial charge in [0.25, 0.3) is 11.8 Å². The molecule has 10 nitrogen and oxygen atoms in total. The summed E-state index contributed by atoms with van der Waals surface area (Å²) in [6.45, 7) is 0.0207. The highest BCUT2D eigenvalue weighted by Crippen LogP contribution is 2.63. The normalized spacial score (nSPS) is 27.6. The first-order chi connectivity index (χ1) is 18.5. The van der Waals surface area contributed by atoms with Crippen LogP contribution in [0, 0.1) is 0 Å². The highest BCUT2D eigenvalue weighted by atomic mass is 79.9. The number of carbonyl (C=O) groups is 2. The number of fused-ring (bicyclic) bond motifs is 4. The third kappa shape index (κ3) is 3.20. The average molecular weight is 636 g/mol. The maximum absolute atomic E-state index is 13.8. The molecule has 13 heteroatoms. The number of alkyl halides is 2. The van der Waals surface area contributed by atoms with E-state index in [9.17, 15) is 24.3 Å². The van der Waals surface area contributed by atoms with Crippen LogP contribution in [0.25, 0.3) is 5.69 Å². The highest BCUT2D eigenvalue weighted by molar-refractivity contribution is 9.10. The van der Waals surface area contributed by atoms with Crippen LogP contribution in [0.15, 0.2) is 68.2 Å². The molecule has 3 heterocycles. The lowest BCUT2D eigenvalue weighted by Gasteiger charge is -2.49. The predicted octanol–water partition coefficient (Wildman–Crippen LogP) is 2.90. The Kier molecular flexibility index (Phi) is 5.73. The number of hydrogen-bond donors (Lipinski definition) is 1. The molecular weight excluding hydrogens is 615 g/mol. The minimum atomic E-state index is -1.96. The number of para-hydroxylation sites is 1. The lowest BCUT2D eigenvalue weighted by molar-refractivity contribution is -0.137. The largest absolute Gasteiger partial charge is 0.503 e. The smallest absolute Gasteiger partial charge is 0.352 e. The van der Waals surface area contributed by atoms with Gasteiger partial charge in [-0.2, -0.15) is 0 Å². The minimum absolute atomic E-state index is 0.0207. The molecule has 0 radical (unpaired) electrons. The van der Waals surface area contributed by atoms with Gasteiger partial charge < -0.3 is 9.84 Å². The molecule has 2 fully saturated rings. The van der Waals surface area contributed by atoms with Gasteiger partial charge in [0.2, 0.25) is 0 Å². The standard InChI is InChI=1S/C26H21BrCl2N4O6/c1-30-21(35)25(28)12-17-15(8-9-31-23(37)32(24(38)33(17)31)14-6-4-3-5-7-14)19(26(25,29)22(30)36)13-10-16(27)20(34)18(11-13)39-2/h3-8,10-11,17,19,34H,9,12H2,1-2H3/t17-,19+,25-,26+/m1/s1. The highest BCUT2D eigenvalue weighted by Gasteiger charge is 2.74. The fourth-order valence-corrected chi connectivity index (χ4v) is 7.55. The Labute approximate surface area is 239 Å². The topological polar surface area (TPSA) is 116 Å². The molecule has 0 unspecified atom stereocenters. The molecular formula is C26H21BrCl2N4O6. The lowest BCUT2D eigenvalue weighted by Crippen LogP contribution is -2.59. The van der Waals surface area contributed by atoms with E-state index in [1.54, 1.807) is 42.5 Å². The van der Waals surface area contributed by atoms with Crippen molar-refractivity contribution in [2.45, 2.75) is 34.7 Å². The van der Waals surface area contributed by atoms with Crippen LogP contribution in [0.1, 0.15) is 23.9 Å². The van der Waals surface area contributed by atoms with Crippen molar-refractivity contribution in [1.29, 1.82) is 0 Å². The minimum Gasteiger partial charge on any atom is -0.503 e. The van der Waals surface area contributed by atoms with Crippen molar-refractivity contribution in [3.63, 3.8) is 0 Å². The summed E-state index contributed by atoms with van der Waals surface area (Å²) >= 11 is 17.6. The van der Waals surface area contributed by atoms with E-state index in [-0.39, 0.29) is 28.9 Å². The average Bonchev–Trinajstić information content (AvgIpc) is 3.25. The van der Waals surface area contributed by atoms with Gasteiger partial charge in [0.1, 0.15) is 0 Å². The second-order valence-electron chi connectivity index (χ2n) is 9.76. The number of rotatable bonds is 3. The van der Waals surface area contributed by atoms with Gasteiger partial charge in [-0.15, -0.1) is 23.2 Å². The number of imide groups is 1. The van der Waals surface area contributed by atoms with Gasteiger partial charge in [-0.25, -0.2) is 23.5 Å². The molecule has 0 bridgehead atoms. The summed E-state index contributed by atoms with van der Waals surface area (Å²) in [7, 11) is 2.69. The van der Waals surface area contributed by atoms with Gasteiger partial charge in [0.05, 0.1) is 29.9 Å². The van der Waals surface area contributed by atoms with Crippen LogP contribution in [0.2, 0.25) is 0 Å². The van der Waals surface area contributed by atoms with Crippen LogP contribution in [-0.2, 0) is 16.1 Å². The van der Waals surface area contributed by atoms with Crippen LogP contribution < -0.4 is 16.1 Å². The number of hydrogen-bond acceptors (Lipinski definition) is 6. The number of methoxy groups -OCH3 is 1. The van der Waals surface area contributed by atoms with Crippen molar-refractivity contribution in [3.8, 4) is 17.2 Å². The summed E-state index contributed by atoms with van der Waals surface area (Å²) in [6.07, 6.45) is 1.54. The number of aromatic nitrogens is 3. The van der Waals surface area contributed by atoms with Gasteiger partial charge in [-0.1, -0.05) is 24.3 Å². The molecule has 1 N–H and O–H groups in total. The third-order valence-corrected chi connectivity index (χ3v) is 9.92. The molecule has 2 aliphatic heterocycles. The molecule has 4 atom stereocenters. The Morgan fingerprint density at radius 1 is 1.05 bits per heavy atom. The third-order valence-electron chi connectivity index (χ3n) is 7.90. The first-order valence-electron chi connectivity index (χ1n) is 11.9. The molecule has 3 aromatic rings. The van der Waals surface area contributed by atoms with E-state index in [0.717, 1.165) is 9.47 Å². The summed E-state index contributed by atoms with van der Waals surface area (Å²) in [6, 6.07) is 10.7. The van der Waals surface area contributed by atoms with Crippen molar-refractivity contribution in [2.75, 3.05) is 14.2 Å². The number of ether oxygens (including phenoxy) is 1. The Hall–Kier alpha value is -3.28. The molecule has 3 aliphatic rings. The van der Waals surface area contributed by atoms with E-state index in [1.807, 2.05) is 0 Å². The zero-order valence-electron chi connectivity index (χ0n) is 20.6. The van der Waals surface area contributed by atoms with Crippen LogP contribution >= 0.6 is 39.1 Å². The number of amides is 2. The molecule has 0 spiro atoms. The van der Waals surface area contributed by atoms with Crippen molar-refractivity contribution in [1.82, 2.24) is 18.8 Å². The van der Waals surface area contributed by atoms with Gasteiger partial charge in [0.15, 0.2) is 21.2 Å². The van der Waals surface area contributed by atoms with Crippen LogP contribution in [0.3, 0.4) is 0 Å². The first-order valence-corrected chi connectivity index (χ1v) is 13.5. The predicted molar refractivity (Wildman–Crippen MR) is 146 cm³/mol. The number of benzene rings is 2. The summed E-state index contributed by atoms with van der Waals surface area (Å²) in [5.74, 6) is -2.46. The Morgan fingerprint density at radius 3 is 2.41 bits per heavy atom. The molecule has 6 rings (SSSR count). The van der Waals surface area contributed by atoms with E-state index in [4.69, 9.17) is 27.9 Å². The van der Waals surface area contributed by atoms with Crippen molar-refractivity contribution in [3.05, 3.63) is 85.1 Å². The van der Waals surface area contributed by atoms with E-state index < -0.39 is 44.9 Å². The van der Waals surface area contributed by atoms with Crippen LogP contribution in [0.4, 0.5) is 0 Å². The molecule has 39 heavy (non-hydrogen) atoms. The van der Waals surface area contributed by atoms with Gasteiger partial charge in [-0.05, 0) is 51.3 Å². The summed E-state index contributed by atoms with van der Waals surface area (Å²) < 4.78 is 9.25. The zero-order valence-corrected chi connectivity index (χ0v) is 23.7. The molecule has 1 saturated carbocycles. The van der Waals surface area contributed by atoms with Gasteiger partial charge in [-0.3, -0.25) is 14.5 Å².